The normalized spacial score (nSPS) is 19.5. The van der Waals surface area contributed by atoms with E-state index in [1.54, 1.807) is 0 Å². The molecule has 0 saturated carbocycles. The molecule has 1 aliphatic heterocycles. The molecule has 176 valence electrons. The highest BCUT2D eigenvalue weighted by Gasteiger charge is 2.32. The lowest BCUT2D eigenvalue weighted by Gasteiger charge is -2.18. The molecule has 2 aromatic carbocycles. The molecule has 7 nitrogen and oxygen atoms in total. The number of aliphatic carboxylic acids is 1. The van der Waals surface area contributed by atoms with Gasteiger partial charge in [-0.05, 0) is 48.9 Å². The molecule has 0 unspecified atom stereocenters. The number of rotatable bonds is 9. The number of amides is 1. The van der Waals surface area contributed by atoms with Gasteiger partial charge in [0.2, 0.25) is 0 Å². The molecule has 2 aromatic rings. The average Bonchev–Trinajstić information content (AvgIpc) is 3.31. The van der Waals surface area contributed by atoms with Crippen molar-refractivity contribution in [3.8, 4) is 11.1 Å². The molecule has 0 spiro atoms. The third kappa shape index (κ3) is 5.54. The number of carboxylic acid groups (broad SMARTS) is 1. The highest BCUT2D eigenvalue weighted by atomic mass is 16.7. The number of hydrogen-bond donors (Lipinski definition) is 2. The third-order valence-corrected chi connectivity index (χ3v) is 6.27. The number of fused-ring (bicyclic) bond motifs is 3. The van der Waals surface area contributed by atoms with Crippen molar-refractivity contribution in [1.29, 1.82) is 0 Å². The molecule has 0 bridgehead atoms. The van der Waals surface area contributed by atoms with Crippen LogP contribution in [0.1, 0.15) is 56.6 Å². The van der Waals surface area contributed by atoms with Gasteiger partial charge in [-0.3, -0.25) is 0 Å². The van der Waals surface area contributed by atoms with E-state index >= 15 is 0 Å². The highest BCUT2D eigenvalue weighted by molar-refractivity contribution is 5.81. The van der Waals surface area contributed by atoms with Crippen LogP contribution in [0, 0.1) is 0 Å². The van der Waals surface area contributed by atoms with E-state index in [2.05, 4.69) is 17.4 Å². The maximum Gasteiger partial charge on any atom is 0.407 e. The van der Waals surface area contributed by atoms with Gasteiger partial charge in [-0.2, -0.15) is 0 Å². The first-order chi connectivity index (χ1) is 15.8. The molecule has 1 saturated heterocycles. The number of hydrogen-bond acceptors (Lipinski definition) is 5. The summed E-state index contributed by atoms with van der Waals surface area (Å²) < 4.78 is 16.8. The quantitative estimate of drug-likeness (QED) is 0.535. The molecular formula is C26H31NO6. The Kier molecular flexibility index (Phi) is 7.00. The number of nitrogens with one attached hydrogen (secondary N) is 1. The van der Waals surface area contributed by atoms with E-state index in [4.69, 9.17) is 14.2 Å². The molecule has 0 radical (unpaired) electrons. The summed E-state index contributed by atoms with van der Waals surface area (Å²) in [5, 5.41) is 12.0. The molecule has 7 heteroatoms. The molecule has 1 fully saturated rings. The molecule has 33 heavy (non-hydrogen) atoms. The number of carboxylic acids is 1. The van der Waals surface area contributed by atoms with E-state index in [1.807, 2.05) is 50.2 Å². The Balaban J connectivity index is 1.26. The van der Waals surface area contributed by atoms with Crippen LogP contribution in [-0.4, -0.2) is 48.3 Å². The molecule has 2 aliphatic rings. The van der Waals surface area contributed by atoms with E-state index in [-0.39, 0.29) is 18.6 Å². The standard InChI is InChI=1S/C26H31NO6/c1-26(2)32-15-17(33-26)9-3-8-14-23(24(28)29)27-25(30)31-16-22-20-12-6-4-10-18(20)19-11-5-7-13-21(19)22/h4-7,10-13,17,22-23H,3,8-9,14-16H2,1-2H3,(H,27,30)(H,28,29)/t17-,23+/m1/s1. The molecule has 1 amide bonds. The fourth-order valence-electron chi connectivity index (χ4n) is 4.67. The van der Waals surface area contributed by atoms with Crippen molar-refractivity contribution in [2.24, 2.45) is 0 Å². The Bertz CT molecular complexity index is 958. The summed E-state index contributed by atoms with van der Waals surface area (Å²) in [6.07, 6.45) is 1.88. The fourth-order valence-corrected chi connectivity index (χ4v) is 4.67. The topological polar surface area (TPSA) is 94.1 Å². The number of unbranched alkanes of at least 4 members (excludes halogenated alkanes) is 1. The summed E-state index contributed by atoms with van der Waals surface area (Å²) in [5.41, 5.74) is 4.52. The molecule has 1 aliphatic carbocycles. The Morgan fingerprint density at radius 2 is 1.73 bits per heavy atom. The molecule has 2 N–H and O–H groups in total. The van der Waals surface area contributed by atoms with Crippen molar-refractivity contribution < 1.29 is 28.9 Å². The first-order valence-electron chi connectivity index (χ1n) is 11.5. The van der Waals surface area contributed by atoms with Crippen LogP contribution in [0.4, 0.5) is 4.79 Å². The monoisotopic (exact) mass is 453 g/mol. The Hall–Kier alpha value is -2.90. The predicted octanol–water partition coefficient (Wildman–Crippen LogP) is 4.69. The number of carbonyl (C=O) groups excluding carboxylic acids is 1. The van der Waals surface area contributed by atoms with Crippen LogP contribution in [0.2, 0.25) is 0 Å². The summed E-state index contributed by atoms with van der Waals surface area (Å²) in [4.78, 5) is 24.1. The van der Waals surface area contributed by atoms with Gasteiger partial charge < -0.3 is 24.6 Å². The minimum absolute atomic E-state index is 0.0263. The Morgan fingerprint density at radius 1 is 1.09 bits per heavy atom. The molecule has 0 aromatic heterocycles. The maximum atomic E-state index is 12.4. The third-order valence-electron chi connectivity index (χ3n) is 6.27. The Morgan fingerprint density at radius 3 is 2.30 bits per heavy atom. The van der Waals surface area contributed by atoms with E-state index in [0.29, 0.717) is 19.4 Å². The zero-order chi connectivity index (χ0) is 23.4. The molecule has 2 atom stereocenters. The van der Waals surface area contributed by atoms with E-state index in [0.717, 1.165) is 35.1 Å². The summed E-state index contributed by atoms with van der Waals surface area (Å²) in [5.74, 6) is -1.69. The van der Waals surface area contributed by atoms with Gasteiger partial charge in [-0.1, -0.05) is 61.4 Å². The van der Waals surface area contributed by atoms with Crippen LogP contribution in [-0.2, 0) is 19.0 Å². The van der Waals surface area contributed by atoms with Gasteiger partial charge in [-0.15, -0.1) is 0 Å². The van der Waals surface area contributed by atoms with Crippen molar-refractivity contribution in [3.63, 3.8) is 0 Å². The first-order valence-corrected chi connectivity index (χ1v) is 11.5. The highest BCUT2D eigenvalue weighted by Crippen LogP contribution is 2.44. The van der Waals surface area contributed by atoms with Crippen molar-refractivity contribution >= 4 is 12.1 Å². The lowest BCUT2D eigenvalue weighted by atomic mass is 9.98. The summed E-state index contributed by atoms with van der Waals surface area (Å²) >= 11 is 0. The zero-order valence-corrected chi connectivity index (χ0v) is 19.1. The fraction of sp³-hybridized carbons (Fsp3) is 0.462. The second-order valence-corrected chi connectivity index (χ2v) is 9.10. The largest absolute Gasteiger partial charge is 0.480 e. The summed E-state index contributed by atoms with van der Waals surface area (Å²) in [6.45, 7) is 4.46. The molecule has 4 rings (SSSR count). The number of ether oxygens (including phenoxy) is 3. The smallest absolute Gasteiger partial charge is 0.407 e. The molecule has 1 heterocycles. The van der Waals surface area contributed by atoms with Gasteiger partial charge in [-0.25, -0.2) is 9.59 Å². The van der Waals surface area contributed by atoms with E-state index in [9.17, 15) is 14.7 Å². The van der Waals surface area contributed by atoms with Crippen LogP contribution in [0.3, 0.4) is 0 Å². The SMILES string of the molecule is CC1(C)OC[C@@H](CCCC[C@H](NC(=O)OCC2c3ccccc3-c3ccccc32)C(=O)O)O1. The predicted molar refractivity (Wildman–Crippen MR) is 123 cm³/mol. The lowest BCUT2D eigenvalue weighted by molar-refractivity contribution is -0.139. The van der Waals surface area contributed by atoms with Crippen LogP contribution in [0.5, 0.6) is 0 Å². The van der Waals surface area contributed by atoms with Crippen LogP contribution < -0.4 is 5.32 Å². The van der Waals surface area contributed by atoms with Crippen molar-refractivity contribution in [2.45, 2.75) is 63.4 Å². The number of carbonyl (C=O) groups is 2. The minimum Gasteiger partial charge on any atom is -0.480 e. The van der Waals surface area contributed by atoms with Crippen molar-refractivity contribution in [1.82, 2.24) is 5.32 Å². The van der Waals surface area contributed by atoms with Gasteiger partial charge in [0.1, 0.15) is 12.6 Å². The minimum atomic E-state index is -1.06. The second-order valence-electron chi connectivity index (χ2n) is 9.10. The second kappa shape index (κ2) is 9.93. The Labute approximate surface area is 194 Å². The summed E-state index contributed by atoms with van der Waals surface area (Å²) in [7, 11) is 0. The van der Waals surface area contributed by atoms with Gasteiger partial charge >= 0.3 is 12.1 Å². The zero-order valence-electron chi connectivity index (χ0n) is 19.1. The van der Waals surface area contributed by atoms with Crippen LogP contribution in [0.15, 0.2) is 48.5 Å². The van der Waals surface area contributed by atoms with Crippen LogP contribution >= 0.6 is 0 Å². The van der Waals surface area contributed by atoms with Gasteiger partial charge in [0.15, 0.2) is 5.79 Å². The van der Waals surface area contributed by atoms with E-state index < -0.39 is 23.9 Å². The molecular weight excluding hydrogens is 422 g/mol. The summed E-state index contributed by atoms with van der Waals surface area (Å²) in [6, 6.07) is 15.2. The van der Waals surface area contributed by atoms with Gasteiger partial charge in [0.05, 0.1) is 12.7 Å². The number of benzene rings is 2. The van der Waals surface area contributed by atoms with Crippen molar-refractivity contribution in [3.05, 3.63) is 59.7 Å². The lowest BCUT2D eigenvalue weighted by Crippen LogP contribution is -2.41. The average molecular weight is 454 g/mol. The first kappa shape index (κ1) is 23.3. The van der Waals surface area contributed by atoms with Gasteiger partial charge in [0.25, 0.3) is 0 Å². The van der Waals surface area contributed by atoms with E-state index in [1.165, 1.54) is 0 Å². The van der Waals surface area contributed by atoms with Gasteiger partial charge in [0, 0.05) is 5.92 Å². The van der Waals surface area contributed by atoms with Crippen LogP contribution in [0.25, 0.3) is 11.1 Å². The van der Waals surface area contributed by atoms with Crippen molar-refractivity contribution in [2.75, 3.05) is 13.2 Å². The number of alkyl carbamates (subject to hydrolysis) is 1. The maximum absolute atomic E-state index is 12.4.